The van der Waals surface area contributed by atoms with Crippen molar-refractivity contribution in [2.24, 2.45) is 5.41 Å². The molecule has 1 aromatic heterocycles. The summed E-state index contributed by atoms with van der Waals surface area (Å²) in [5.41, 5.74) is 5.80. The van der Waals surface area contributed by atoms with Gasteiger partial charge < -0.3 is 9.15 Å². The molecule has 1 aliphatic rings. The smallest absolute Gasteiger partial charge is 0.339 e. The fraction of sp³-hybridized carbons (Fsp3) is 0.333. The molecule has 0 radical (unpaired) electrons. The summed E-state index contributed by atoms with van der Waals surface area (Å²) in [5.74, 6) is -0.349. The zero-order chi connectivity index (χ0) is 24.9. The van der Waals surface area contributed by atoms with E-state index in [9.17, 15) is 9.59 Å². The van der Waals surface area contributed by atoms with Crippen molar-refractivity contribution in [3.8, 4) is 5.75 Å². The summed E-state index contributed by atoms with van der Waals surface area (Å²) in [7, 11) is 0. The molecule has 4 nitrogen and oxygen atoms in total. The van der Waals surface area contributed by atoms with Gasteiger partial charge in [-0.15, -0.1) is 0 Å². The fourth-order valence-corrected chi connectivity index (χ4v) is 4.33. The first-order valence-electron chi connectivity index (χ1n) is 11.7. The molecule has 34 heavy (non-hydrogen) atoms. The van der Waals surface area contributed by atoms with E-state index in [1.807, 2.05) is 38.1 Å². The van der Waals surface area contributed by atoms with Crippen LogP contribution < -0.4 is 10.4 Å². The van der Waals surface area contributed by atoms with Crippen LogP contribution in [0.2, 0.25) is 0 Å². The molecule has 4 heteroatoms. The van der Waals surface area contributed by atoms with Crippen LogP contribution in [0.4, 0.5) is 0 Å². The highest BCUT2D eigenvalue weighted by Crippen LogP contribution is 2.40. The van der Waals surface area contributed by atoms with E-state index < -0.39 is 11.6 Å². The van der Waals surface area contributed by atoms with E-state index in [4.69, 9.17) is 9.15 Å². The van der Waals surface area contributed by atoms with Crippen molar-refractivity contribution in [3.63, 3.8) is 0 Å². The predicted molar refractivity (Wildman–Crippen MR) is 139 cm³/mol. The number of carbonyl (C=O) groups is 1. The normalized spacial score (nSPS) is 17.2. The van der Waals surface area contributed by atoms with Gasteiger partial charge in [-0.25, -0.2) is 9.59 Å². The minimum Gasteiger partial charge on any atom is -0.422 e. The minimum absolute atomic E-state index is 0.195. The first-order valence-corrected chi connectivity index (χ1v) is 11.7. The Kier molecular flexibility index (Phi) is 7.93. The van der Waals surface area contributed by atoms with E-state index in [0.717, 1.165) is 16.7 Å². The van der Waals surface area contributed by atoms with Gasteiger partial charge in [0, 0.05) is 6.08 Å². The fourth-order valence-electron chi connectivity index (χ4n) is 4.33. The molecule has 1 aliphatic carbocycles. The van der Waals surface area contributed by atoms with Crippen LogP contribution in [-0.4, -0.2) is 5.97 Å². The zero-order valence-corrected chi connectivity index (χ0v) is 21.0. The van der Waals surface area contributed by atoms with Gasteiger partial charge in [0.05, 0.1) is 11.5 Å². The van der Waals surface area contributed by atoms with Crippen molar-refractivity contribution < 1.29 is 13.9 Å². The average Bonchev–Trinajstić information content (AvgIpc) is 2.72. The molecule has 0 fully saturated rings. The highest BCUT2D eigenvalue weighted by Gasteiger charge is 2.26. The lowest BCUT2D eigenvalue weighted by atomic mass is 9.72. The molecule has 1 heterocycles. The second kappa shape index (κ2) is 10.7. The highest BCUT2D eigenvalue weighted by atomic mass is 16.5. The maximum absolute atomic E-state index is 12.4. The molecule has 3 rings (SSSR count). The summed E-state index contributed by atoms with van der Waals surface area (Å²) < 4.78 is 10.6. The standard InChI is InChI=1S/C30H34O4/c1-20(13-15-25-23(4)11-8-16-30(25,5)6)9-7-10-21(2)18-28(31)34-27-19-29(32)33-26-17-22(3)12-14-24(26)27/h7,9-10,12-15,17-19H,8,11,16H2,1-6H3/b10-7+,15-13+,20-9+,21-18+. The van der Waals surface area contributed by atoms with Crippen LogP contribution in [0.1, 0.15) is 59.4 Å². The monoisotopic (exact) mass is 458 g/mol. The molecule has 0 saturated heterocycles. The maximum atomic E-state index is 12.4. The molecule has 0 unspecified atom stereocenters. The van der Waals surface area contributed by atoms with E-state index in [1.54, 1.807) is 12.1 Å². The second-order valence-corrected chi connectivity index (χ2v) is 9.77. The largest absolute Gasteiger partial charge is 0.422 e. The van der Waals surface area contributed by atoms with Crippen molar-refractivity contribution in [1.82, 2.24) is 0 Å². The number of fused-ring (bicyclic) bond motifs is 1. The molecule has 178 valence electrons. The molecule has 1 aromatic carbocycles. The number of rotatable bonds is 6. The molecule has 0 atom stereocenters. The summed E-state index contributed by atoms with van der Waals surface area (Å²) in [6.07, 6.45) is 15.2. The number of esters is 1. The Bertz CT molecular complexity index is 1290. The van der Waals surface area contributed by atoms with E-state index in [1.165, 1.54) is 42.6 Å². The van der Waals surface area contributed by atoms with Crippen molar-refractivity contribution in [2.75, 3.05) is 0 Å². The first kappa shape index (κ1) is 25.2. The van der Waals surface area contributed by atoms with Gasteiger partial charge in [-0.2, -0.15) is 0 Å². The quantitative estimate of drug-likeness (QED) is 0.194. The van der Waals surface area contributed by atoms with Crippen molar-refractivity contribution in [3.05, 3.63) is 99.0 Å². The van der Waals surface area contributed by atoms with Crippen LogP contribution in [0.5, 0.6) is 5.75 Å². The van der Waals surface area contributed by atoms with Gasteiger partial charge in [0.15, 0.2) is 0 Å². The summed E-state index contributed by atoms with van der Waals surface area (Å²) in [5, 5.41) is 0.581. The Morgan fingerprint density at radius 2 is 1.85 bits per heavy atom. The Balaban J connectivity index is 1.67. The van der Waals surface area contributed by atoms with Gasteiger partial charge >= 0.3 is 11.6 Å². The van der Waals surface area contributed by atoms with E-state index in [-0.39, 0.29) is 11.2 Å². The number of benzene rings is 1. The third-order valence-corrected chi connectivity index (χ3v) is 6.19. The predicted octanol–water partition coefficient (Wildman–Crippen LogP) is 7.54. The molecule has 0 saturated carbocycles. The second-order valence-electron chi connectivity index (χ2n) is 9.77. The van der Waals surface area contributed by atoms with Crippen LogP contribution in [-0.2, 0) is 4.79 Å². The number of ether oxygens (including phenoxy) is 1. The van der Waals surface area contributed by atoms with Gasteiger partial charge in [0.1, 0.15) is 11.3 Å². The van der Waals surface area contributed by atoms with Crippen LogP contribution >= 0.6 is 0 Å². The zero-order valence-electron chi connectivity index (χ0n) is 21.0. The molecular weight excluding hydrogens is 424 g/mol. The molecule has 0 amide bonds. The van der Waals surface area contributed by atoms with Gasteiger partial charge in [0.25, 0.3) is 0 Å². The third kappa shape index (κ3) is 6.57. The average molecular weight is 459 g/mol. The topological polar surface area (TPSA) is 56.5 Å². The van der Waals surface area contributed by atoms with Crippen molar-refractivity contribution in [1.29, 1.82) is 0 Å². The molecule has 2 aromatic rings. The number of hydrogen-bond acceptors (Lipinski definition) is 4. The maximum Gasteiger partial charge on any atom is 0.339 e. The summed E-state index contributed by atoms with van der Waals surface area (Å²) >= 11 is 0. The molecule has 0 bridgehead atoms. The third-order valence-electron chi connectivity index (χ3n) is 6.19. The lowest BCUT2D eigenvalue weighted by Crippen LogP contribution is -2.19. The number of allylic oxidation sites excluding steroid dienone is 9. The number of aryl methyl sites for hydroxylation is 1. The Morgan fingerprint density at radius 1 is 1.09 bits per heavy atom. The molecule has 0 aliphatic heterocycles. The van der Waals surface area contributed by atoms with Crippen LogP contribution in [0, 0.1) is 12.3 Å². The SMILES string of the molecule is CC1=C(/C=C/C(C)=C/C=C/C(C)=C/C(=O)Oc2cc(=O)oc3cc(C)ccc23)C(C)(C)CCC1. The van der Waals surface area contributed by atoms with Gasteiger partial charge in [-0.1, -0.05) is 61.4 Å². The van der Waals surface area contributed by atoms with Crippen LogP contribution in [0.3, 0.4) is 0 Å². The lowest BCUT2D eigenvalue weighted by molar-refractivity contribution is -0.128. The molecule has 0 N–H and O–H groups in total. The van der Waals surface area contributed by atoms with Crippen molar-refractivity contribution in [2.45, 2.75) is 60.8 Å². The summed E-state index contributed by atoms with van der Waals surface area (Å²) in [4.78, 5) is 24.2. The summed E-state index contributed by atoms with van der Waals surface area (Å²) in [6.45, 7) is 12.7. The Labute approximate surface area is 202 Å². The number of carbonyl (C=O) groups excluding carboxylic acids is 1. The van der Waals surface area contributed by atoms with Gasteiger partial charge in [0.2, 0.25) is 0 Å². The highest BCUT2D eigenvalue weighted by molar-refractivity contribution is 5.90. The summed E-state index contributed by atoms with van der Waals surface area (Å²) in [6, 6.07) is 6.59. The lowest BCUT2D eigenvalue weighted by Gasteiger charge is -2.32. The van der Waals surface area contributed by atoms with Crippen molar-refractivity contribution >= 4 is 16.9 Å². The van der Waals surface area contributed by atoms with Crippen LogP contribution in [0.15, 0.2) is 92.2 Å². The molecular formula is C30H34O4. The molecule has 0 spiro atoms. The Hall–Kier alpha value is -3.40. The van der Waals surface area contributed by atoms with E-state index in [0.29, 0.717) is 11.0 Å². The van der Waals surface area contributed by atoms with E-state index in [2.05, 4.69) is 39.8 Å². The van der Waals surface area contributed by atoms with Crippen LogP contribution in [0.25, 0.3) is 11.0 Å². The van der Waals surface area contributed by atoms with E-state index >= 15 is 0 Å². The Morgan fingerprint density at radius 3 is 2.59 bits per heavy atom. The minimum atomic E-state index is -0.558. The van der Waals surface area contributed by atoms with Gasteiger partial charge in [-0.05, 0) is 81.2 Å². The first-order chi connectivity index (χ1) is 16.0. The van der Waals surface area contributed by atoms with Gasteiger partial charge in [-0.3, -0.25) is 0 Å². The number of hydrogen-bond donors (Lipinski definition) is 0.